The first-order chi connectivity index (χ1) is 13.4. The van der Waals surface area contributed by atoms with E-state index in [4.69, 9.17) is 9.47 Å². The third kappa shape index (κ3) is 2.81. The number of urea groups is 1. The number of nitrogens with one attached hydrogen (secondary N) is 2. The van der Waals surface area contributed by atoms with Gasteiger partial charge in [-0.15, -0.1) is 0 Å². The van der Waals surface area contributed by atoms with Crippen LogP contribution < -0.4 is 20.1 Å². The molecule has 1 aromatic carbocycles. The molecule has 9 nitrogen and oxygen atoms in total. The number of fused-ring (bicyclic) bond motifs is 1. The Kier molecular flexibility index (Phi) is 4.14. The summed E-state index contributed by atoms with van der Waals surface area (Å²) in [5.41, 5.74) is -1.70. The van der Waals surface area contributed by atoms with Gasteiger partial charge in [-0.1, -0.05) is 6.07 Å². The fourth-order valence-corrected chi connectivity index (χ4v) is 3.94. The first-order valence-electron chi connectivity index (χ1n) is 9.13. The van der Waals surface area contributed by atoms with Gasteiger partial charge in [-0.2, -0.15) is 5.26 Å². The van der Waals surface area contributed by atoms with Crippen molar-refractivity contribution in [1.82, 2.24) is 15.5 Å². The average Bonchev–Trinajstić information content (AvgIpc) is 3.38. The second-order valence-corrected chi connectivity index (χ2v) is 7.46. The Morgan fingerprint density at radius 2 is 2.00 bits per heavy atom. The van der Waals surface area contributed by atoms with Crippen molar-refractivity contribution in [3.05, 3.63) is 23.8 Å². The van der Waals surface area contributed by atoms with Crippen LogP contribution in [0.25, 0.3) is 0 Å². The molecule has 2 N–H and O–H groups in total. The molecule has 28 heavy (non-hydrogen) atoms. The van der Waals surface area contributed by atoms with E-state index in [1.165, 1.54) is 0 Å². The van der Waals surface area contributed by atoms with Gasteiger partial charge < -0.3 is 20.1 Å². The first-order valence-corrected chi connectivity index (χ1v) is 9.13. The van der Waals surface area contributed by atoms with Gasteiger partial charge >= 0.3 is 6.03 Å². The number of rotatable bonds is 4. The Balaban J connectivity index is 1.51. The van der Waals surface area contributed by atoms with Crippen molar-refractivity contribution in [2.45, 2.75) is 43.7 Å². The first kappa shape index (κ1) is 18.1. The Morgan fingerprint density at radius 1 is 1.29 bits per heavy atom. The number of amides is 4. The zero-order valence-corrected chi connectivity index (χ0v) is 15.4. The Labute approximate surface area is 161 Å². The third-order valence-electron chi connectivity index (χ3n) is 5.58. The largest absolute Gasteiger partial charge is 0.454 e. The van der Waals surface area contributed by atoms with E-state index < -0.39 is 35.5 Å². The number of benzene rings is 1. The highest BCUT2D eigenvalue weighted by molar-refractivity contribution is 6.09. The lowest BCUT2D eigenvalue weighted by molar-refractivity contribution is -0.135. The Hall–Kier alpha value is -3.28. The van der Waals surface area contributed by atoms with E-state index in [9.17, 15) is 19.6 Å². The molecule has 1 saturated carbocycles. The number of carbonyl (C=O) groups excluding carboxylic acids is 3. The van der Waals surface area contributed by atoms with Gasteiger partial charge in [0.25, 0.3) is 5.91 Å². The molecule has 0 aromatic heterocycles. The van der Waals surface area contributed by atoms with Gasteiger partial charge in [0.05, 0.1) is 6.07 Å². The summed E-state index contributed by atoms with van der Waals surface area (Å²) in [5.74, 6) is -0.00119. The van der Waals surface area contributed by atoms with Gasteiger partial charge in [-0.05, 0) is 50.3 Å². The van der Waals surface area contributed by atoms with E-state index in [1.54, 1.807) is 25.1 Å². The zero-order chi connectivity index (χ0) is 19.9. The summed E-state index contributed by atoms with van der Waals surface area (Å²) in [6.07, 6.45) is 2.87. The standard InChI is InChI=1S/C19H20N4O5/c1-18(12-4-5-13-14(8-12)28-11-27-13)16(25)23(17(26)22-18)9-15(24)21-19(10-20)6-2-3-7-19/h4-5,8H,2-3,6-7,9,11H2,1H3,(H,21,24)(H,22,26)/t18-/m0/s1. The molecule has 1 saturated heterocycles. The number of imide groups is 1. The van der Waals surface area contributed by atoms with E-state index >= 15 is 0 Å². The van der Waals surface area contributed by atoms with E-state index in [1.807, 2.05) is 0 Å². The molecular weight excluding hydrogens is 364 g/mol. The normalized spacial score (nSPS) is 24.8. The lowest BCUT2D eigenvalue weighted by atomic mass is 9.91. The molecule has 1 atom stereocenters. The van der Waals surface area contributed by atoms with Crippen molar-refractivity contribution in [3.8, 4) is 17.6 Å². The molecule has 0 spiro atoms. The maximum atomic E-state index is 13.0. The molecule has 1 aromatic rings. The van der Waals surface area contributed by atoms with Crippen LogP contribution in [-0.2, 0) is 15.1 Å². The summed E-state index contributed by atoms with van der Waals surface area (Å²) in [4.78, 5) is 38.7. The highest BCUT2D eigenvalue weighted by atomic mass is 16.7. The summed E-state index contributed by atoms with van der Waals surface area (Å²) in [6, 6.07) is 6.51. The Bertz CT molecular complexity index is 902. The van der Waals surface area contributed by atoms with Gasteiger partial charge in [0.2, 0.25) is 12.7 Å². The summed E-state index contributed by atoms with van der Waals surface area (Å²) in [7, 11) is 0. The zero-order valence-electron chi connectivity index (χ0n) is 15.4. The van der Waals surface area contributed by atoms with Crippen LogP contribution in [-0.4, -0.2) is 41.6 Å². The molecule has 4 amide bonds. The van der Waals surface area contributed by atoms with Crippen molar-refractivity contribution in [2.24, 2.45) is 0 Å². The van der Waals surface area contributed by atoms with Crippen LogP contribution in [0, 0.1) is 11.3 Å². The van der Waals surface area contributed by atoms with Crippen molar-refractivity contribution < 1.29 is 23.9 Å². The predicted molar refractivity (Wildman–Crippen MR) is 95.1 cm³/mol. The van der Waals surface area contributed by atoms with Crippen molar-refractivity contribution in [2.75, 3.05) is 13.3 Å². The van der Waals surface area contributed by atoms with Crippen LogP contribution in [0.5, 0.6) is 11.5 Å². The van der Waals surface area contributed by atoms with E-state index in [0.717, 1.165) is 17.7 Å². The second kappa shape index (κ2) is 6.41. The van der Waals surface area contributed by atoms with Crippen LogP contribution >= 0.6 is 0 Å². The molecule has 0 unspecified atom stereocenters. The minimum absolute atomic E-state index is 0.0999. The molecule has 9 heteroatoms. The quantitative estimate of drug-likeness (QED) is 0.751. The monoisotopic (exact) mass is 384 g/mol. The summed E-state index contributed by atoms with van der Waals surface area (Å²) in [6.45, 7) is 1.24. The maximum Gasteiger partial charge on any atom is 0.325 e. The molecule has 1 aliphatic carbocycles. The van der Waals surface area contributed by atoms with Gasteiger partial charge in [0, 0.05) is 0 Å². The highest BCUT2D eigenvalue weighted by Crippen LogP contribution is 2.38. The predicted octanol–water partition coefficient (Wildman–Crippen LogP) is 1.13. The van der Waals surface area contributed by atoms with Gasteiger partial charge in [-0.3, -0.25) is 14.5 Å². The van der Waals surface area contributed by atoms with Gasteiger partial charge in [-0.25, -0.2) is 4.79 Å². The van der Waals surface area contributed by atoms with Gasteiger partial charge in [0.15, 0.2) is 11.5 Å². The third-order valence-corrected chi connectivity index (χ3v) is 5.58. The number of hydrogen-bond donors (Lipinski definition) is 2. The maximum absolute atomic E-state index is 13.0. The van der Waals surface area contributed by atoms with Crippen LogP contribution in [0.2, 0.25) is 0 Å². The minimum atomic E-state index is -1.32. The molecule has 2 fully saturated rings. The molecule has 2 aliphatic heterocycles. The van der Waals surface area contributed by atoms with Crippen LogP contribution in [0.4, 0.5) is 4.79 Å². The topological polar surface area (TPSA) is 121 Å². The van der Waals surface area contributed by atoms with Crippen LogP contribution in [0.15, 0.2) is 18.2 Å². The molecular formula is C19H20N4O5. The summed E-state index contributed by atoms with van der Waals surface area (Å²) < 4.78 is 10.6. The highest BCUT2D eigenvalue weighted by Gasteiger charge is 2.50. The van der Waals surface area contributed by atoms with E-state index in [2.05, 4.69) is 16.7 Å². The van der Waals surface area contributed by atoms with Crippen LogP contribution in [0.3, 0.4) is 0 Å². The number of hydrogen-bond acceptors (Lipinski definition) is 6. The molecule has 0 bridgehead atoms. The SMILES string of the molecule is C[C@@]1(c2ccc3c(c2)OCO3)NC(=O)N(CC(=O)NC2(C#N)CCCC2)C1=O. The number of nitrogens with zero attached hydrogens (tertiary/aromatic N) is 2. The second-order valence-electron chi connectivity index (χ2n) is 7.46. The van der Waals surface area contributed by atoms with Crippen molar-refractivity contribution in [1.29, 1.82) is 5.26 Å². The summed E-state index contributed by atoms with van der Waals surface area (Å²) >= 11 is 0. The number of carbonyl (C=O) groups is 3. The average molecular weight is 384 g/mol. The molecule has 0 radical (unpaired) electrons. The van der Waals surface area contributed by atoms with E-state index in [0.29, 0.717) is 29.9 Å². The molecule has 146 valence electrons. The smallest absolute Gasteiger partial charge is 0.325 e. The fourth-order valence-electron chi connectivity index (χ4n) is 3.94. The van der Waals surface area contributed by atoms with Gasteiger partial charge in [0.1, 0.15) is 17.6 Å². The minimum Gasteiger partial charge on any atom is -0.454 e. The van der Waals surface area contributed by atoms with Crippen LogP contribution in [0.1, 0.15) is 38.2 Å². The van der Waals surface area contributed by atoms with Crippen molar-refractivity contribution in [3.63, 3.8) is 0 Å². The lowest BCUT2D eigenvalue weighted by Gasteiger charge is -2.24. The molecule has 2 heterocycles. The summed E-state index contributed by atoms with van der Waals surface area (Å²) in [5, 5.41) is 14.7. The number of nitriles is 1. The molecule has 4 rings (SSSR count). The fraction of sp³-hybridized carbons (Fsp3) is 0.474. The Morgan fingerprint density at radius 3 is 2.71 bits per heavy atom. The lowest BCUT2D eigenvalue weighted by Crippen LogP contribution is -2.50. The van der Waals surface area contributed by atoms with Crippen molar-refractivity contribution >= 4 is 17.8 Å². The number of ether oxygens (including phenoxy) is 2. The molecule has 3 aliphatic rings. The van der Waals surface area contributed by atoms with E-state index in [-0.39, 0.29) is 6.79 Å².